The number of rotatable bonds is 4. The zero-order valence-corrected chi connectivity index (χ0v) is 9.73. The van der Waals surface area contributed by atoms with Gasteiger partial charge < -0.3 is 15.0 Å². The van der Waals surface area contributed by atoms with Crippen LogP contribution in [0.1, 0.15) is 0 Å². The van der Waals surface area contributed by atoms with Gasteiger partial charge in [-0.15, -0.1) is 0 Å². The summed E-state index contributed by atoms with van der Waals surface area (Å²) in [5, 5.41) is 3.18. The second kappa shape index (κ2) is 4.88. The Balaban J connectivity index is 1.95. The lowest BCUT2D eigenvalue weighted by molar-refractivity contribution is 0.373. The number of amidine groups is 1. The molecule has 0 unspecified atom stereocenters. The Labute approximate surface area is 95.9 Å². The second-order valence-electron chi connectivity index (χ2n) is 3.94. The highest BCUT2D eigenvalue weighted by Gasteiger charge is 2.05. The molecule has 0 aliphatic carbocycles. The average molecular weight is 219 g/mol. The summed E-state index contributed by atoms with van der Waals surface area (Å²) in [5.41, 5.74) is 1.14. The fourth-order valence-electron chi connectivity index (χ4n) is 1.55. The van der Waals surface area contributed by atoms with E-state index in [1.807, 2.05) is 32.3 Å². The van der Waals surface area contributed by atoms with Gasteiger partial charge in [-0.25, -0.2) is 0 Å². The first kappa shape index (κ1) is 10.8. The van der Waals surface area contributed by atoms with Gasteiger partial charge >= 0.3 is 0 Å². The van der Waals surface area contributed by atoms with Crippen molar-refractivity contribution in [3.63, 3.8) is 0 Å². The largest absolute Gasteiger partial charge is 0.486 e. The fourth-order valence-corrected chi connectivity index (χ4v) is 1.55. The Morgan fingerprint density at radius 3 is 3.00 bits per heavy atom. The van der Waals surface area contributed by atoms with Crippen LogP contribution in [-0.2, 0) is 0 Å². The lowest BCUT2D eigenvalue weighted by atomic mass is 10.3. The van der Waals surface area contributed by atoms with Crippen LogP contribution in [0.25, 0.3) is 0 Å². The highest BCUT2D eigenvalue weighted by atomic mass is 16.5. The molecule has 4 heteroatoms. The molecule has 0 atom stereocenters. The van der Waals surface area contributed by atoms with Gasteiger partial charge in [0.25, 0.3) is 0 Å². The van der Waals surface area contributed by atoms with Crippen LogP contribution in [0.15, 0.2) is 29.3 Å². The van der Waals surface area contributed by atoms with Gasteiger partial charge in [0.1, 0.15) is 18.2 Å². The van der Waals surface area contributed by atoms with Gasteiger partial charge in [0.05, 0.1) is 6.54 Å². The lowest BCUT2D eigenvalue weighted by Crippen LogP contribution is -2.24. The number of benzene rings is 1. The van der Waals surface area contributed by atoms with E-state index in [1.54, 1.807) is 0 Å². The summed E-state index contributed by atoms with van der Waals surface area (Å²) < 4.78 is 5.66. The maximum absolute atomic E-state index is 5.66. The number of aliphatic imine (C=N–C) groups is 1. The van der Waals surface area contributed by atoms with Gasteiger partial charge in [-0.3, -0.25) is 4.99 Å². The maximum Gasteiger partial charge on any atom is 0.145 e. The summed E-state index contributed by atoms with van der Waals surface area (Å²) in [6.07, 6.45) is 0. The third kappa shape index (κ3) is 2.66. The van der Waals surface area contributed by atoms with Crippen molar-refractivity contribution in [3.05, 3.63) is 24.3 Å². The van der Waals surface area contributed by atoms with Gasteiger partial charge in [0.2, 0.25) is 0 Å². The molecule has 1 aliphatic heterocycles. The molecule has 0 saturated heterocycles. The lowest BCUT2D eigenvalue weighted by Gasteiger charge is -2.14. The molecule has 4 nitrogen and oxygen atoms in total. The van der Waals surface area contributed by atoms with Crippen molar-refractivity contribution < 1.29 is 4.74 Å². The topological polar surface area (TPSA) is 36.9 Å². The first-order chi connectivity index (χ1) is 7.75. The van der Waals surface area contributed by atoms with E-state index in [-0.39, 0.29) is 0 Å². The van der Waals surface area contributed by atoms with E-state index in [9.17, 15) is 0 Å². The van der Waals surface area contributed by atoms with Crippen molar-refractivity contribution in [1.82, 2.24) is 5.32 Å². The van der Waals surface area contributed by atoms with Crippen LogP contribution < -0.4 is 15.0 Å². The number of hydrogen-bond acceptors (Lipinski definition) is 4. The van der Waals surface area contributed by atoms with E-state index in [4.69, 9.17) is 4.74 Å². The fraction of sp³-hybridized carbons (Fsp3) is 0.417. The van der Waals surface area contributed by atoms with Gasteiger partial charge in [-0.1, -0.05) is 6.07 Å². The van der Waals surface area contributed by atoms with Crippen LogP contribution in [-0.4, -0.2) is 39.6 Å². The molecule has 1 aliphatic rings. The molecule has 0 amide bonds. The van der Waals surface area contributed by atoms with Crippen molar-refractivity contribution in [2.45, 2.75) is 0 Å². The van der Waals surface area contributed by atoms with E-state index < -0.39 is 0 Å². The summed E-state index contributed by atoms with van der Waals surface area (Å²) in [6.45, 7) is 2.31. The van der Waals surface area contributed by atoms with Gasteiger partial charge in [0, 0.05) is 32.4 Å². The van der Waals surface area contributed by atoms with Crippen molar-refractivity contribution in [3.8, 4) is 5.75 Å². The van der Waals surface area contributed by atoms with Crippen LogP contribution in [0.2, 0.25) is 0 Å². The minimum atomic E-state index is 0.525. The quantitative estimate of drug-likeness (QED) is 0.825. The van der Waals surface area contributed by atoms with Gasteiger partial charge in [-0.2, -0.15) is 0 Å². The molecule has 0 saturated carbocycles. The highest BCUT2D eigenvalue weighted by molar-refractivity contribution is 5.85. The van der Waals surface area contributed by atoms with Crippen LogP contribution >= 0.6 is 0 Å². The number of hydrogen-bond donors (Lipinski definition) is 1. The molecule has 0 radical (unpaired) electrons. The van der Waals surface area contributed by atoms with E-state index in [0.717, 1.165) is 30.4 Å². The third-order valence-electron chi connectivity index (χ3n) is 2.45. The van der Waals surface area contributed by atoms with E-state index in [0.29, 0.717) is 6.61 Å². The highest BCUT2D eigenvalue weighted by Crippen LogP contribution is 2.19. The number of nitrogens with zero attached hydrogens (tertiary/aromatic N) is 2. The standard InChI is InChI=1S/C12H17N3O/c1-15(2)10-4-3-5-11(8-10)16-9-12-13-6-7-14-12/h3-5,8H,6-7,9H2,1-2H3,(H,13,14). The summed E-state index contributed by atoms with van der Waals surface area (Å²) in [4.78, 5) is 6.33. The molecule has 1 aromatic rings. The predicted molar refractivity (Wildman–Crippen MR) is 66.6 cm³/mol. The van der Waals surface area contributed by atoms with Crippen LogP contribution in [0.4, 0.5) is 5.69 Å². The molecule has 0 spiro atoms. The second-order valence-corrected chi connectivity index (χ2v) is 3.94. The smallest absolute Gasteiger partial charge is 0.145 e. The zero-order valence-electron chi connectivity index (χ0n) is 9.73. The average Bonchev–Trinajstić information content (AvgIpc) is 2.79. The van der Waals surface area contributed by atoms with E-state index in [1.165, 1.54) is 0 Å². The Hall–Kier alpha value is -1.71. The number of anilines is 1. The third-order valence-corrected chi connectivity index (χ3v) is 2.45. The number of ether oxygens (including phenoxy) is 1. The molecular weight excluding hydrogens is 202 g/mol. The molecule has 16 heavy (non-hydrogen) atoms. The SMILES string of the molecule is CN(C)c1cccc(OCC2=NCCN2)c1. The summed E-state index contributed by atoms with van der Waals surface area (Å²) in [6, 6.07) is 8.03. The van der Waals surface area contributed by atoms with Crippen molar-refractivity contribution in [2.24, 2.45) is 4.99 Å². The van der Waals surface area contributed by atoms with Crippen LogP contribution in [0.3, 0.4) is 0 Å². The van der Waals surface area contributed by atoms with Crippen LogP contribution in [0.5, 0.6) is 5.75 Å². The molecule has 1 aromatic carbocycles. The molecule has 1 N–H and O–H groups in total. The summed E-state index contributed by atoms with van der Waals surface area (Å²) in [7, 11) is 4.03. The van der Waals surface area contributed by atoms with E-state index >= 15 is 0 Å². The van der Waals surface area contributed by atoms with Gasteiger partial charge in [0.15, 0.2) is 0 Å². The van der Waals surface area contributed by atoms with Crippen molar-refractivity contribution >= 4 is 11.5 Å². The Morgan fingerprint density at radius 2 is 2.31 bits per heavy atom. The molecule has 2 rings (SSSR count). The zero-order chi connectivity index (χ0) is 11.4. The Kier molecular flexibility index (Phi) is 3.29. The molecule has 0 fully saturated rings. The van der Waals surface area contributed by atoms with Gasteiger partial charge in [-0.05, 0) is 12.1 Å². The Bertz CT molecular complexity index is 388. The first-order valence-electron chi connectivity index (χ1n) is 5.43. The monoisotopic (exact) mass is 219 g/mol. The minimum Gasteiger partial charge on any atom is -0.486 e. The number of nitrogens with one attached hydrogen (secondary N) is 1. The Morgan fingerprint density at radius 1 is 1.44 bits per heavy atom. The molecular formula is C12H17N3O. The summed E-state index contributed by atoms with van der Waals surface area (Å²) >= 11 is 0. The molecule has 86 valence electrons. The minimum absolute atomic E-state index is 0.525. The molecule has 1 heterocycles. The normalized spacial score (nSPS) is 14.2. The van der Waals surface area contributed by atoms with E-state index in [2.05, 4.69) is 21.3 Å². The predicted octanol–water partition coefficient (Wildman–Crippen LogP) is 1.13. The summed E-state index contributed by atoms with van der Waals surface area (Å²) in [5.74, 6) is 1.82. The van der Waals surface area contributed by atoms with Crippen molar-refractivity contribution in [2.75, 3.05) is 38.7 Å². The van der Waals surface area contributed by atoms with Crippen molar-refractivity contribution in [1.29, 1.82) is 0 Å². The molecule has 0 aromatic heterocycles. The first-order valence-corrected chi connectivity index (χ1v) is 5.43. The molecule has 0 bridgehead atoms. The van der Waals surface area contributed by atoms with Crippen LogP contribution in [0, 0.1) is 0 Å². The maximum atomic E-state index is 5.66.